The predicted octanol–water partition coefficient (Wildman–Crippen LogP) is 3.35. The summed E-state index contributed by atoms with van der Waals surface area (Å²) < 4.78 is 41.5. The number of benzene rings is 1. The number of hydrogen-bond acceptors (Lipinski definition) is 4. The first-order valence-electron chi connectivity index (χ1n) is 3.96. The highest BCUT2D eigenvalue weighted by Gasteiger charge is 2.30. The number of rotatable bonds is 4. The van der Waals surface area contributed by atoms with E-state index < -0.39 is 11.7 Å². The molecule has 5 nitrogen and oxygen atoms in total. The third kappa shape index (κ3) is 3.56. The van der Waals surface area contributed by atoms with E-state index in [-0.39, 0.29) is 5.75 Å². The molecule has 86 valence electrons. The summed E-state index contributed by atoms with van der Waals surface area (Å²) in [5.74, 6) is -0.0289. The van der Waals surface area contributed by atoms with Gasteiger partial charge in [0.2, 0.25) is 0 Å². The molecule has 1 N–H and O–H groups in total. The molecule has 0 aliphatic rings. The van der Waals surface area contributed by atoms with E-state index in [4.69, 9.17) is 10.3 Å². The fourth-order valence-electron chi connectivity index (χ4n) is 0.877. The fraction of sp³-hybridized carbons (Fsp3) is 0.125. The molecular weight excluding hydrogens is 225 g/mol. The Kier molecular flexibility index (Phi) is 3.81. The Balaban J connectivity index is 2.71. The maximum atomic E-state index is 12.3. The van der Waals surface area contributed by atoms with Gasteiger partial charge in [0.1, 0.15) is 5.75 Å². The summed E-state index contributed by atoms with van der Waals surface area (Å²) in [6.07, 6.45) is -3.63. The molecule has 0 aliphatic carbocycles. The molecule has 0 fully saturated rings. The lowest BCUT2D eigenvalue weighted by Crippen LogP contribution is -2.04. The van der Waals surface area contributed by atoms with Crippen LogP contribution in [-0.2, 0) is 6.18 Å². The van der Waals surface area contributed by atoms with Crippen LogP contribution in [0.5, 0.6) is 5.75 Å². The molecule has 16 heavy (non-hydrogen) atoms. The van der Waals surface area contributed by atoms with Crippen LogP contribution in [0.1, 0.15) is 5.56 Å². The van der Waals surface area contributed by atoms with Gasteiger partial charge in [0.15, 0.2) is 6.40 Å². The zero-order valence-corrected chi connectivity index (χ0v) is 7.77. The summed E-state index contributed by atoms with van der Waals surface area (Å²) >= 11 is 0. The van der Waals surface area contributed by atoms with E-state index in [1.165, 1.54) is 12.1 Å². The zero-order chi connectivity index (χ0) is 12.0. The number of alkyl halides is 3. The molecule has 0 heterocycles. The topological polar surface area (TPSA) is 71.9 Å². The monoisotopic (exact) mass is 231 g/mol. The molecule has 0 saturated carbocycles. The van der Waals surface area contributed by atoms with Crippen molar-refractivity contribution in [2.75, 3.05) is 0 Å². The quantitative estimate of drug-likeness (QED) is 0.367. The summed E-state index contributed by atoms with van der Waals surface area (Å²) in [6.45, 7) is 0. The van der Waals surface area contributed by atoms with Crippen molar-refractivity contribution in [3.8, 4) is 5.75 Å². The number of halogens is 3. The van der Waals surface area contributed by atoms with E-state index in [0.717, 1.165) is 18.5 Å². The van der Waals surface area contributed by atoms with Crippen LogP contribution in [0.15, 0.2) is 34.6 Å². The minimum Gasteiger partial charge on any atom is -0.446 e. The van der Waals surface area contributed by atoms with Gasteiger partial charge >= 0.3 is 6.18 Å². The lowest BCUT2D eigenvalue weighted by Gasteiger charge is -2.07. The number of hydrogen-bond donors (Lipinski definition) is 1. The van der Waals surface area contributed by atoms with Gasteiger partial charge in [-0.3, -0.25) is 10.8 Å². The Morgan fingerprint density at radius 2 is 2.12 bits per heavy atom. The van der Waals surface area contributed by atoms with Gasteiger partial charge in [-0.25, -0.2) is 5.10 Å². The van der Waals surface area contributed by atoms with E-state index >= 15 is 0 Å². The van der Waals surface area contributed by atoms with Gasteiger partial charge < -0.3 is 10.3 Å². The van der Waals surface area contributed by atoms with Crippen molar-refractivity contribution in [3.63, 3.8) is 0 Å². The second kappa shape index (κ2) is 5.10. The van der Waals surface area contributed by atoms with Gasteiger partial charge in [0.25, 0.3) is 0 Å². The molecule has 0 unspecified atom stereocenters. The van der Waals surface area contributed by atoms with E-state index in [0.29, 0.717) is 0 Å². The van der Waals surface area contributed by atoms with Crippen LogP contribution in [-0.4, -0.2) is 6.40 Å². The Labute approximate surface area is 88.4 Å². The summed E-state index contributed by atoms with van der Waals surface area (Å²) in [5.41, 5.74) is 8.29. The van der Waals surface area contributed by atoms with Crippen LogP contribution in [0, 0.1) is 5.53 Å². The third-order valence-electron chi connectivity index (χ3n) is 1.49. The Hall–Kier alpha value is -2.12. The summed E-state index contributed by atoms with van der Waals surface area (Å²) in [7, 11) is 0. The molecule has 1 aromatic rings. The first-order valence-corrected chi connectivity index (χ1v) is 3.96. The highest BCUT2D eigenvalue weighted by atomic mass is 19.4. The van der Waals surface area contributed by atoms with Gasteiger partial charge in [-0.2, -0.15) is 13.2 Å². The normalized spacial score (nSPS) is 11.4. The van der Waals surface area contributed by atoms with Crippen LogP contribution in [0.4, 0.5) is 13.2 Å². The molecule has 1 rings (SSSR count). The van der Waals surface area contributed by atoms with Crippen LogP contribution >= 0.6 is 0 Å². The third-order valence-corrected chi connectivity index (χ3v) is 1.49. The molecule has 1 aromatic carbocycles. The smallest absolute Gasteiger partial charge is 0.416 e. The summed E-state index contributed by atoms with van der Waals surface area (Å²) in [6, 6.07) is 4.29. The summed E-state index contributed by atoms with van der Waals surface area (Å²) in [5, 5.41) is 5.66. The second-order valence-electron chi connectivity index (χ2n) is 2.55. The van der Waals surface area contributed by atoms with Crippen molar-refractivity contribution in [1.82, 2.24) is 0 Å². The zero-order valence-electron chi connectivity index (χ0n) is 7.77. The van der Waals surface area contributed by atoms with Gasteiger partial charge in [0, 0.05) is 0 Å². The molecule has 0 amide bonds. The van der Waals surface area contributed by atoms with Crippen molar-refractivity contribution in [2.45, 2.75) is 6.18 Å². The SMILES string of the molecule is N=N[N-]/N=C/Oc1cccc(C(F)(F)F)c1. The predicted molar refractivity (Wildman–Crippen MR) is 49.1 cm³/mol. The maximum absolute atomic E-state index is 12.3. The fourth-order valence-corrected chi connectivity index (χ4v) is 0.877. The van der Waals surface area contributed by atoms with Crippen molar-refractivity contribution >= 4 is 6.40 Å². The summed E-state index contributed by atoms with van der Waals surface area (Å²) in [4.78, 5) is 0. The Bertz CT molecular complexity index is 391. The molecular formula is C8H6F3N4O-. The first kappa shape index (κ1) is 12.0. The Morgan fingerprint density at radius 3 is 2.75 bits per heavy atom. The minimum atomic E-state index is -4.42. The standard InChI is InChI=1S/C8H6F3N4O/c9-8(10,11)6-2-1-3-7(4-6)16-5-13-15-14-12/h1-5H,(H-,12,15)/q-1/b13-5+. The number of ether oxygens (including phenoxy) is 1. The molecule has 0 aliphatic heterocycles. The van der Waals surface area contributed by atoms with Crippen molar-refractivity contribution in [3.05, 3.63) is 35.4 Å². The second-order valence-corrected chi connectivity index (χ2v) is 2.55. The minimum absolute atomic E-state index is 0.0289. The molecule has 0 aromatic heterocycles. The highest BCUT2D eigenvalue weighted by molar-refractivity contribution is 5.52. The van der Waals surface area contributed by atoms with Gasteiger partial charge in [-0.15, -0.1) is 0 Å². The van der Waals surface area contributed by atoms with E-state index in [2.05, 4.69) is 15.9 Å². The molecule has 0 bridgehead atoms. The molecule has 8 heteroatoms. The average Bonchev–Trinajstić information content (AvgIpc) is 2.24. The highest BCUT2D eigenvalue weighted by Crippen LogP contribution is 2.31. The first-order chi connectivity index (χ1) is 7.54. The Morgan fingerprint density at radius 1 is 1.38 bits per heavy atom. The van der Waals surface area contributed by atoms with E-state index in [1.807, 2.05) is 0 Å². The maximum Gasteiger partial charge on any atom is 0.416 e. The van der Waals surface area contributed by atoms with Gasteiger partial charge in [-0.1, -0.05) is 6.07 Å². The van der Waals surface area contributed by atoms with Crippen LogP contribution in [0.25, 0.3) is 5.53 Å². The largest absolute Gasteiger partial charge is 0.446 e. The number of nitrogens with one attached hydrogen (secondary N) is 1. The lowest BCUT2D eigenvalue weighted by molar-refractivity contribution is -0.137. The average molecular weight is 231 g/mol. The molecule has 0 saturated heterocycles. The molecule has 0 radical (unpaired) electrons. The molecule has 0 spiro atoms. The van der Waals surface area contributed by atoms with Crippen LogP contribution in [0.3, 0.4) is 0 Å². The van der Waals surface area contributed by atoms with Crippen molar-refractivity contribution in [2.24, 2.45) is 10.3 Å². The van der Waals surface area contributed by atoms with Crippen molar-refractivity contribution in [1.29, 1.82) is 5.53 Å². The lowest BCUT2D eigenvalue weighted by atomic mass is 10.2. The van der Waals surface area contributed by atoms with Crippen molar-refractivity contribution < 1.29 is 17.9 Å². The van der Waals surface area contributed by atoms with E-state index in [9.17, 15) is 13.2 Å². The number of nitrogens with zero attached hydrogens (tertiary/aromatic N) is 3. The van der Waals surface area contributed by atoms with Gasteiger partial charge in [0.05, 0.1) is 5.56 Å². The van der Waals surface area contributed by atoms with Crippen LogP contribution < -0.4 is 4.74 Å². The van der Waals surface area contributed by atoms with Gasteiger partial charge in [-0.05, 0) is 18.2 Å². The van der Waals surface area contributed by atoms with Crippen LogP contribution in [0.2, 0.25) is 0 Å². The van der Waals surface area contributed by atoms with E-state index in [1.54, 1.807) is 0 Å². The molecule has 0 atom stereocenters.